The molecule has 0 radical (unpaired) electrons. The van der Waals surface area contributed by atoms with Crippen molar-refractivity contribution in [2.45, 2.75) is 46.3 Å². The molecule has 0 bridgehead atoms. The number of aromatic nitrogens is 6. The number of imidazole rings is 1. The number of hydrogen-bond acceptors (Lipinski definition) is 5. The summed E-state index contributed by atoms with van der Waals surface area (Å²) in [5, 5.41) is 15.9. The topological polar surface area (TPSA) is 90.8 Å². The normalized spacial score (nSPS) is 12.4. The predicted octanol–water partition coefficient (Wildman–Crippen LogP) is 4.25. The van der Waals surface area contributed by atoms with Crippen LogP contribution in [-0.4, -0.2) is 34.0 Å². The molecule has 4 heterocycles. The molecule has 0 saturated heterocycles. The van der Waals surface area contributed by atoms with Crippen LogP contribution >= 0.6 is 0 Å². The van der Waals surface area contributed by atoms with Gasteiger partial charge in [0, 0.05) is 48.2 Å². The molecule has 1 aromatic carbocycles. The molecule has 8 nitrogen and oxygen atoms in total. The Morgan fingerprint density at radius 1 is 1.06 bits per heavy atom. The molecule has 34 heavy (non-hydrogen) atoms. The molecule has 8 heteroatoms. The average molecular weight is 457 g/mol. The molecular formula is C26H28N6O2. The maximum absolute atomic E-state index is 13.4. The summed E-state index contributed by atoms with van der Waals surface area (Å²) in [7, 11) is 1.76. The molecule has 0 aliphatic carbocycles. The third kappa shape index (κ3) is 3.42. The van der Waals surface area contributed by atoms with E-state index in [1.807, 2.05) is 42.1 Å². The van der Waals surface area contributed by atoms with Gasteiger partial charge in [-0.15, -0.1) is 0 Å². The van der Waals surface area contributed by atoms with E-state index in [-0.39, 0.29) is 11.7 Å². The van der Waals surface area contributed by atoms with Crippen LogP contribution in [0, 0.1) is 6.92 Å². The van der Waals surface area contributed by atoms with Gasteiger partial charge in [-0.05, 0) is 58.4 Å². The van der Waals surface area contributed by atoms with E-state index in [4.69, 9.17) is 0 Å². The van der Waals surface area contributed by atoms with Crippen molar-refractivity contribution in [1.82, 2.24) is 28.9 Å². The van der Waals surface area contributed by atoms with Crippen LogP contribution in [0.2, 0.25) is 0 Å². The minimum atomic E-state index is -0.997. The first kappa shape index (κ1) is 22.0. The standard InChI is InChI=1S/C26H28N6O2/c1-15(2)31-14-23(16(3)29-31)32-24-20-10-17(18-9-19(12-27-11-18)26(4,5)34)7-8-21(20)28-13-22(24)30(6)25(32)33/h7-15,34H,1-6H3. The highest BCUT2D eigenvalue weighted by atomic mass is 16.3. The van der Waals surface area contributed by atoms with Crippen molar-refractivity contribution < 1.29 is 5.11 Å². The lowest BCUT2D eigenvalue weighted by Crippen LogP contribution is -2.21. The fraction of sp³-hybridized carbons (Fsp3) is 0.308. The number of aliphatic hydroxyl groups is 1. The van der Waals surface area contributed by atoms with Gasteiger partial charge in [0.2, 0.25) is 0 Å². The smallest absolute Gasteiger partial charge is 0.333 e. The van der Waals surface area contributed by atoms with E-state index in [0.29, 0.717) is 0 Å². The molecule has 4 aromatic heterocycles. The fourth-order valence-electron chi connectivity index (χ4n) is 4.29. The molecule has 174 valence electrons. The average Bonchev–Trinajstić information content (AvgIpc) is 3.30. The Morgan fingerprint density at radius 2 is 1.82 bits per heavy atom. The Morgan fingerprint density at radius 3 is 2.50 bits per heavy atom. The fourth-order valence-corrected chi connectivity index (χ4v) is 4.29. The van der Waals surface area contributed by atoms with Crippen LogP contribution in [-0.2, 0) is 12.6 Å². The number of fused-ring (bicyclic) bond motifs is 3. The third-order valence-electron chi connectivity index (χ3n) is 6.32. The molecule has 0 spiro atoms. The van der Waals surface area contributed by atoms with E-state index in [1.54, 1.807) is 48.6 Å². The number of rotatable bonds is 4. The molecule has 0 amide bonds. The molecule has 1 N–H and O–H groups in total. The first-order valence-electron chi connectivity index (χ1n) is 11.3. The van der Waals surface area contributed by atoms with Gasteiger partial charge < -0.3 is 5.11 Å². The van der Waals surface area contributed by atoms with E-state index in [9.17, 15) is 9.90 Å². The van der Waals surface area contributed by atoms with E-state index in [1.165, 1.54) is 0 Å². The van der Waals surface area contributed by atoms with Gasteiger partial charge in [-0.3, -0.25) is 23.8 Å². The van der Waals surface area contributed by atoms with Crippen molar-refractivity contribution in [3.8, 4) is 16.8 Å². The predicted molar refractivity (Wildman–Crippen MR) is 133 cm³/mol. The molecule has 0 fully saturated rings. The maximum atomic E-state index is 13.4. The van der Waals surface area contributed by atoms with Crippen LogP contribution in [0.1, 0.15) is 45.0 Å². The second kappa shape index (κ2) is 7.63. The molecule has 5 rings (SSSR count). The highest BCUT2D eigenvalue weighted by Gasteiger charge is 2.21. The van der Waals surface area contributed by atoms with Crippen LogP contribution in [0.25, 0.3) is 38.8 Å². The summed E-state index contributed by atoms with van der Waals surface area (Å²) in [5.41, 5.74) is 5.26. The van der Waals surface area contributed by atoms with E-state index < -0.39 is 5.60 Å². The SMILES string of the molecule is Cc1nn(C(C)C)cc1-n1c(=O)n(C)c2cnc3ccc(-c4cncc(C(C)(C)O)c4)cc3c21. The van der Waals surface area contributed by atoms with Gasteiger partial charge in [-0.2, -0.15) is 5.10 Å². The Labute approximate surface area is 197 Å². The lowest BCUT2D eigenvalue weighted by Gasteiger charge is -2.18. The Bertz CT molecular complexity index is 1610. The monoisotopic (exact) mass is 456 g/mol. The lowest BCUT2D eigenvalue weighted by atomic mass is 9.96. The number of hydrogen-bond donors (Lipinski definition) is 1. The maximum Gasteiger partial charge on any atom is 0.333 e. The van der Waals surface area contributed by atoms with Crippen molar-refractivity contribution in [2.24, 2.45) is 7.05 Å². The molecule has 0 aliphatic heterocycles. The quantitative estimate of drug-likeness (QED) is 0.437. The van der Waals surface area contributed by atoms with Crippen molar-refractivity contribution in [3.63, 3.8) is 0 Å². The second-order valence-corrected chi connectivity index (χ2v) is 9.60. The molecular weight excluding hydrogens is 428 g/mol. The molecule has 0 unspecified atom stereocenters. The van der Waals surface area contributed by atoms with Crippen LogP contribution in [0.5, 0.6) is 0 Å². The Kier molecular flexibility index (Phi) is 4.95. The summed E-state index contributed by atoms with van der Waals surface area (Å²) in [6.07, 6.45) is 7.12. The summed E-state index contributed by atoms with van der Waals surface area (Å²) in [6, 6.07) is 8.09. The zero-order valence-electron chi connectivity index (χ0n) is 20.2. The summed E-state index contributed by atoms with van der Waals surface area (Å²) in [4.78, 5) is 22.4. The van der Waals surface area contributed by atoms with Crippen LogP contribution in [0.15, 0.2) is 53.8 Å². The number of benzene rings is 1. The molecule has 0 aliphatic rings. The van der Waals surface area contributed by atoms with Crippen LogP contribution in [0.3, 0.4) is 0 Å². The van der Waals surface area contributed by atoms with Crippen molar-refractivity contribution in [1.29, 1.82) is 0 Å². The van der Waals surface area contributed by atoms with Crippen molar-refractivity contribution in [2.75, 3.05) is 0 Å². The first-order chi connectivity index (χ1) is 16.1. The van der Waals surface area contributed by atoms with Crippen molar-refractivity contribution >= 4 is 21.9 Å². The van der Waals surface area contributed by atoms with E-state index >= 15 is 0 Å². The largest absolute Gasteiger partial charge is 0.386 e. The Balaban J connectivity index is 1.81. The van der Waals surface area contributed by atoms with Gasteiger partial charge >= 0.3 is 5.69 Å². The van der Waals surface area contributed by atoms with Gasteiger partial charge in [0.05, 0.1) is 39.7 Å². The number of pyridine rings is 2. The molecule has 0 saturated carbocycles. The second-order valence-electron chi connectivity index (χ2n) is 9.60. The minimum Gasteiger partial charge on any atom is -0.386 e. The summed E-state index contributed by atoms with van der Waals surface area (Å²) < 4.78 is 5.23. The van der Waals surface area contributed by atoms with E-state index in [0.717, 1.165) is 50.0 Å². The van der Waals surface area contributed by atoms with Gasteiger partial charge in [0.25, 0.3) is 0 Å². The minimum absolute atomic E-state index is 0.146. The summed E-state index contributed by atoms with van der Waals surface area (Å²) >= 11 is 0. The molecule has 5 aromatic rings. The zero-order valence-corrected chi connectivity index (χ0v) is 20.2. The summed E-state index contributed by atoms with van der Waals surface area (Å²) in [5.74, 6) is 0. The highest BCUT2D eigenvalue weighted by molar-refractivity contribution is 6.04. The number of aryl methyl sites for hydroxylation is 2. The van der Waals surface area contributed by atoms with Gasteiger partial charge in [-0.1, -0.05) is 6.07 Å². The summed E-state index contributed by atoms with van der Waals surface area (Å²) in [6.45, 7) is 9.52. The van der Waals surface area contributed by atoms with Gasteiger partial charge in [-0.25, -0.2) is 4.79 Å². The van der Waals surface area contributed by atoms with Crippen LogP contribution in [0.4, 0.5) is 0 Å². The lowest BCUT2D eigenvalue weighted by molar-refractivity contribution is 0.0783. The first-order valence-corrected chi connectivity index (χ1v) is 11.3. The van der Waals surface area contributed by atoms with Crippen molar-refractivity contribution in [3.05, 3.63) is 70.8 Å². The zero-order chi connectivity index (χ0) is 24.4. The van der Waals surface area contributed by atoms with Crippen LogP contribution < -0.4 is 5.69 Å². The molecule has 0 atom stereocenters. The van der Waals surface area contributed by atoms with Gasteiger partial charge in [0.15, 0.2) is 0 Å². The van der Waals surface area contributed by atoms with E-state index in [2.05, 4.69) is 28.9 Å². The van der Waals surface area contributed by atoms with Gasteiger partial charge in [0.1, 0.15) is 0 Å². The Hall–Kier alpha value is -3.78. The highest BCUT2D eigenvalue weighted by Crippen LogP contribution is 2.31. The third-order valence-corrected chi connectivity index (χ3v) is 6.32. The number of nitrogens with zero attached hydrogens (tertiary/aromatic N) is 6.